The molecular formula is C23H20F2O4S. The van der Waals surface area contributed by atoms with Crippen LogP contribution in [0.2, 0.25) is 0 Å². The van der Waals surface area contributed by atoms with Crippen LogP contribution < -0.4 is 4.74 Å². The van der Waals surface area contributed by atoms with Crippen molar-refractivity contribution in [1.82, 2.24) is 0 Å². The van der Waals surface area contributed by atoms with E-state index in [9.17, 15) is 17.2 Å². The predicted molar refractivity (Wildman–Crippen MR) is 109 cm³/mol. The van der Waals surface area contributed by atoms with E-state index in [1.54, 1.807) is 12.1 Å². The summed E-state index contributed by atoms with van der Waals surface area (Å²) >= 11 is 0. The molecule has 1 unspecified atom stereocenters. The van der Waals surface area contributed by atoms with Gasteiger partial charge in [-0.15, -0.1) is 0 Å². The van der Waals surface area contributed by atoms with Crippen LogP contribution in [0.1, 0.15) is 28.4 Å². The first-order valence-electron chi connectivity index (χ1n) is 9.37. The molecule has 0 amide bonds. The van der Waals surface area contributed by atoms with Gasteiger partial charge in [-0.1, -0.05) is 42.0 Å². The van der Waals surface area contributed by atoms with E-state index in [2.05, 4.69) is 4.18 Å². The Hall–Kier alpha value is -2.77. The van der Waals surface area contributed by atoms with Crippen molar-refractivity contribution in [2.75, 3.05) is 7.11 Å². The summed E-state index contributed by atoms with van der Waals surface area (Å²) < 4.78 is 64.7. The summed E-state index contributed by atoms with van der Waals surface area (Å²) in [6.45, 7) is 3.69. The zero-order chi connectivity index (χ0) is 21.6. The SMILES string of the molecule is COS(=O)(=O)c1ccc(C)cc1C1Cc2c(F)c(F)cc(-c3ccccc3C)c2O1. The number of ether oxygens (including phenoxy) is 1. The Balaban J connectivity index is 1.88. The molecule has 3 aromatic carbocycles. The first kappa shape index (κ1) is 20.5. The zero-order valence-corrected chi connectivity index (χ0v) is 17.5. The lowest BCUT2D eigenvalue weighted by Gasteiger charge is -2.17. The van der Waals surface area contributed by atoms with E-state index >= 15 is 0 Å². The van der Waals surface area contributed by atoms with Crippen molar-refractivity contribution in [3.63, 3.8) is 0 Å². The summed E-state index contributed by atoms with van der Waals surface area (Å²) in [6.07, 6.45) is -0.785. The predicted octanol–water partition coefficient (Wildman–Crippen LogP) is 5.26. The van der Waals surface area contributed by atoms with Crippen LogP contribution in [0, 0.1) is 25.5 Å². The lowest BCUT2D eigenvalue weighted by atomic mass is 9.95. The molecule has 0 saturated carbocycles. The Kier molecular flexibility index (Phi) is 5.11. The second-order valence-electron chi connectivity index (χ2n) is 7.32. The molecule has 0 spiro atoms. The fraction of sp³-hybridized carbons (Fsp3) is 0.217. The third kappa shape index (κ3) is 3.38. The molecule has 156 valence electrons. The molecule has 7 heteroatoms. The molecule has 0 radical (unpaired) electrons. The van der Waals surface area contributed by atoms with E-state index in [1.807, 2.05) is 38.1 Å². The van der Waals surface area contributed by atoms with Gasteiger partial charge >= 0.3 is 0 Å². The Morgan fingerprint density at radius 2 is 1.77 bits per heavy atom. The van der Waals surface area contributed by atoms with E-state index in [0.717, 1.165) is 29.9 Å². The van der Waals surface area contributed by atoms with Crippen LogP contribution in [-0.2, 0) is 20.7 Å². The van der Waals surface area contributed by atoms with Crippen molar-refractivity contribution in [2.24, 2.45) is 0 Å². The molecule has 1 aliphatic heterocycles. The van der Waals surface area contributed by atoms with Gasteiger partial charge in [0.1, 0.15) is 16.7 Å². The smallest absolute Gasteiger partial charge is 0.297 e. The van der Waals surface area contributed by atoms with E-state index in [4.69, 9.17) is 4.74 Å². The van der Waals surface area contributed by atoms with E-state index in [-0.39, 0.29) is 22.6 Å². The van der Waals surface area contributed by atoms with Gasteiger partial charge in [0.25, 0.3) is 10.1 Å². The van der Waals surface area contributed by atoms with Gasteiger partial charge < -0.3 is 4.74 Å². The number of hydrogen-bond donors (Lipinski definition) is 0. The molecule has 0 aliphatic carbocycles. The van der Waals surface area contributed by atoms with Gasteiger partial charge in [0, 0.05) is 23.1 Å². The Morgan fingerprint density at radius 1 is 1.03 bits per heavy atom. The molecule has 4 nitrogen and oxygen atoms in total. The lowest BCUT2D eigenvalue weighted by Crippen LogP contribution is -2.12. The van der Waals surface area contributed by atoms with Gasteiger partial charge in [0.2, 0.25) is 0 Å². The highest BCUT2D eigenvalue weighted by molar-refractivity contribution is 7.86. The first-order chi connectivity index (χ1) is 14.2. The van der Waals surface area contributed by atoms with Crippen molar-refractivity contribution in [3.8, 4) is 16.9 Å². The highest BCUT2D eigenvalue weighted by Gasteiger charge is 2.35. The fourth-order valence-corrected chi connectivity index (χ4v) is 4.73. The van der Waals surface area contributed by atoms with Crippen molar-refractivity contribution in [1.29, 1.82) is 0 Å². The summed E-state index contributed by atoms with van der Waals surface area (Å²) in [7, 11) is -2.93. The number of benzene rings is 3. The maximum absolute atomic E-state index is 14.7. The van der Waals surface area contributed by atoms with Crippen LogP contribution in [0.4, 0.5) is 8.78 Å². The quantitative estimate of drug-likeness (QED) is 0.530. The third-order valence-corrected chi connectivity index (χ3v) is 6.70. The van der Waals surface area contributed by atoms with Gasteiger partial charge in [-0.25, -0.2) is 8.78 Å². The minimum Gasteiger partial charge on any atom is -0.484 e. The van der Waals surface area contributed by atoms with Gasteiger partial charge in [0.05, 0.1) is 7.11 Å². The molecule has 1 heterocycles. The molecule has 0 fully saturated rings. The number of halogens is 2. The molecule has 0 aromatic heterocycles. The summed E-state index contributed by atoms with van der Waals surface area (Å²) in [6, 6.07) is 13.2. The van der Waals surface area contributed by atoms with Crippen molar-refractivity contribution >= 4 is 10.1 Å². The molecule has 0 N–H and O–H groups in total. The summed E-state index contributed by atoms with van der Waals surface area (Å²) in [5.41, 5.74) is 3.31. The average Bonchev–Trinajstić information content (AvgIpc) is 3.17. The van der Waals surface area contributed by atoms with Gasteiger partial charge in [0.15, 0.2) is 11.6 Å². The van der Waals surface area contributed by atoms with Crippen LogP contribution in [-0.4, -0.2) is 15.5 Å². The third-order valence-electron chi connectivity index (χ3n) is 5.35. The lowest BCUT2D eigenvalue weighted by molar-refractivity contribution is 0.235. The Labute approximate surface area is 174 Å². The van der Waals surface area contributed by atoms with Gasteiger partial charge in [-0.3, -0.25) is 4.18 Å². The molecule has 4 rings (SSSR count). The fourth-order valence-electron chi connectivity index (χ4n) is 3.83. The van der Waals surface area contributed by atoms with Crippen LogP contribution >= 0.6 is 0 Å². The highest BCUT2D eigenvalue weighted by atomic mass is 32.2. The maximum Gasteiger partial charge on any atom is 0.297 e. The standard InChI is InChI=1S/C23H20F2O4S/c1-13-8-9-21(30(26,27)28-3)17(10-13)20-12-18-22(25)19(24)11-16(23(18)29-20)15-7-5-4-6-14(15)2/h4-11,20H,12H2,1-3H3. The first-order valence-corrected chi connectivity index (χ1v) is 10.8. The monoisotopic (exact) mass is 430 g/mol. The van der Waals surface area contributed by atoms with Crippen LogP contribution in [0.15, 0.2) is 53.4 Å². The largest absolute Gasteiger partial charge is 0.484 e. The summed E-state index contributed by atoms with van der Waals surface area (Å²) in [5, 5.41) is 0. The van der Waals surface area contributed by atoms with Crippen LogP contribution in [0.5, 0.6) is 5.75 Å². The molecular weight excluding hydrogens is 410 g/mol. The molecule has 0 bridgehead atoms. The van der Waals surface area contributed by atoms with Crippen LogP contribution in [0.25, 0.3) is 11.1 Å². The Bertz CT molecular complexity index is 1250. The van der Waals surface area contributed by atoms with E-state index in [1.165, 1.54) is 6.07 Å². The molecule has 0 saturated heterocycles. The molecule has 1 atom stereocenters. The Morgan fingerprint density at radius 3 is 2.47 bits per heavy atom. The van der Waals surface area contributed by atoms with E-state index < -0.39 is 27.9 Å². The van der Waals surface area contributed by atoms with Crippen molar-refractivity contribution < 1.29 is 26.1 Å². The van der Waals surface area contributed by atoms with Gasteiger partial charge in [-0.2, -0.15) is 8.42 Å². The van der Waals surface area contributed by atoms with Crippen molar-refractivity contribution in [3.05, 3.63) is 82.4 Å². The number of hydrogen-bond acceptors (Lipinski definition) is 4. The number of aryl methyl sites for hydroxylation is 2. The zero-order valence-electron chi connectivity index (χ0n) is 16.7. The average molecular weight is 430 g/mol. The van der Waals surface area contributed by atoms with E-state index in [0.29, 0.717) is 11.1 Å². The molecule has 30 heavy (non-hydrogen) atoms. The second kappa shape index (κ2) is 7.49. The summed E-state index contributed by atoms with van der Waals surface area (Å²) in [4.78, 5) is -0.0493. The topological polar surface area (TPSA) is 52.6 Å². The van der Waals surface area contributed by atoms with Gasteiger partial charge in [-0.05, 0) is 37.1 Å². The molecule has 1 aliphatic rings. The summed E-state index contributed by atoms with van der Waals surface area (Å²) in [5.74, 6) is -1.71. The van der Waals surface area contributed by atoms with Crippen molar-refractivity contribution in [2.45, 2.75) is 31.3 Å². The normalized spacial score (nSPS) is 15.7. The minimum atomic E-state index is -4.01. The minimum absolute atomic E-state index is 0.00744. The number of rotatable bonds is 4. The number of fused-ring (bicyclic) bond motifs is 1. The second-order valence-corrected chi connectivity index (χ2v) is 9.00. The maximum atomic E-state index is 14.7. The molecule has 3 aromatic rings. The highest BCUT2D eigenvalue weighted by Crippen LogP contribution is 2.47. The van der Waals surface area contributed by atoms with Crippen LogP contribution in [0.3, 0.4) is 0 Å².